The Kier molecular flexibility index (Phi) is 8.95. The lowest BCUT2D eigenvalue weighted by Crippen LogP contribution is -2.08. The van der Waals surface area contributed by atoms with Gasteiger partial charge in [0.15, 0.2) is 0 Å². The zero-order valence-electron chi connectivity index (χ0n) is 8.18. The zero-order chi connectivity index (χ0) is 11.4. The van der Waals surface area contributed by atoms with Crippen molar-refractivity contribution in [1.29, 1.82) is 0 Å². The Morgan fingerprint density at radius 2 is 1.67 bits per heavy atom. The molecule has 6 nitrogen and oxygen atoms in total. The van der Waals surface area contributed by atoms with Crippen molar-refractivity contribution in [2.24, 2.45) is 15.0 Å². The summed E-state index contributed by atoms with van der Waals surface area (Å²) < 4.78 is 0. The molecule has 1 unspecified atom stereocenters. The number of nitrogens with zero attached hydrogens (tertiary/aromatic N) is 3. The molecule has 0 aliphatic rings. The van der Waals surface area contributed by atoms with E-state index in [-0.39, 0.29) is 12.6 Å². The van der Waals surface area contributed by atoms with Gasteiger partial charge in [-0.2, -0.15) is 0 Å². The van der Waals surface area contributed by atoms with E-state index in [2.05, 4.69) is 15.0 Å². The quantitative estimate of drug-likeness (QED) is 0.332. The fourth-order valence-corrected chi connectivity index (χ4v) is 1.03. The molecule has 0 radical (unpaired) electrons. The number of rotatable bonds is 8. The van der Waals surface area contributed by atoms with Gasteiger partial charge < -0.3 is 0 Å². The van der Waals surface area contributed by atoms with Gasteiger partial charge in [-0.05, 0) is 19.3 Å². The summed E-state index contributed by atoms with van der Waals surface area (Å²) in [5.41, 5.74) is 0. The molecule has 80 valence electrons. The van der Waals surface area contributed by atoms with Crippen LogP contribution in [0.15, 0.2) is 15.0 Å². The Hall–Kier alpha value is -1.86. The van der Waals surface area contributed by atoms with E-state index in [9.17, 15) is 14.4 Å². The molecule has 0 aliphatic heterocycles. The third kappa shape index (κ3) is 8.47. The highest BCUT2D eigenvalue weighted by molar-refractivity contribution is 5.35. The van der Waals surface area contributed by atoms with Gasteiger partial charge in [-0.3, -0.25) is 0 Å². The molecular weight excluding hydrogens is 198 g/mol. The first-order valence-corrected chi connectivity index (χ1v) is 4.49. The van der Waals surface area contributed by atoms with E-state index in [4.69, 9.17) is 0 Å². The molecule has 0 saturated carbocycles. The second-order valence-corrected chi connectivity index (χ2v) is 2.77. The Morgan fingerprint density at radius 1 is 0.933 bits per heavy atom. The maximum Gasteiger partial charge on any atom is 0.235 e. The molecule has 0 aliphatic carbocycles. The van der Waals surface area contributed by atoms with E-state index >= 15 is 0 Å². The van der Waals surface area contributed by atoms with Crippen LogP contribution in [0, 0.1) is 0 Å². The lowest BCUT2D eigenvalue weighted by Gasteiger charge is -2.04. The second-order valence-electron chi connectivity index (χ2n) is 2.77. The van der Waals surface area contributed by atoms with Crippen LogP contribution in [0.3, 0.4) is 0 Å². The van der Waals surface area contributed by atoms with Gasteiger partial charge in [0.25, 0.3) is 0 Å². The number of hydrogen-bond acceptors (Lipinski definition) is 6. The predicted octanol–water partition coefficient (Wildman–Crippen LogP) is 0.533. The van der Waals surface area contributed by atoms with Crippen molar-refractivity contribution < 1.29 is 14.4 Å². The molecule has 0 aromatic carbocycles. The number of isocyanates is 3. The van der Waals surface area contributed by atoms with E-state index < -0.39 is 0 Å². The van der Waals surface area contributed by atoms with Crippen LogP contribution < -0.4 is 0 Å². The number of carbonyl (C=O) groups excluding carboxylic acids is 3. The van der Waals surface area contributed by atoms with Crippen LogP contribution in [0.5, 0.6) is 0 Å². The molecule has 1 atom stereocenters. The molecule has 0 N–H and O–H groups in total. The minimum atomic E-state index is -0.329. The lowest BCUT2D eigenvalue weighted by molar-refractivity contribution is 0.534. The summed E-state index contributed by atoms with van der Waals surface area (Å²) in [5, 5.41) is 0. The minimum absolute atomic E-state index is 0.149. The largest absolute Gasteiger partial charge is 0.235 e. The third-order valence-electron chi connectivity index (χ3n) is 1.72. The highest BCUT2D eigenvalue weighted by atomic mass is 16.1. The first-order valence-electron chi connectivity index (χ1n) is 4.49. The molecular formula is C9H11N3O3. The fourth-order valence-electron chi connectivity index (χ4n) is 1.03. The minimum Gasteiger partial charge on any atom is -0.211 e. The molecule has 0 fully saturated rings. The molecule has 0 aromatic rings. The molecule has 0 bridgehead atoms. The number of hydrogen-bond donors (Lipinski definition) is 0. The summed E-state index contributed by atoms with van der Waals surface area (Å²) in [4.78, 5) is 39.8. The monoisotopic (exact) mass is 209 g/mol. The summed E-state index contributed by atoms with van der Waals surface area (Å²) >= 11 is 0. The number of aliphatic imine (C=N–C) groups is 3. The Balaban J connectivity index is 3.79. The maximum absolute atomic E-state index is 10.0. The van der Waals surface area contributed by atoms with Crippen molar-refractivity contribution in [3.63, 3.8) is 0 Å². The molecule has 0 spiro atoms. The van der Waals surface area contributed by atoms with E-state index in [1.807, 2.05) is 0 Å². The van der Waals surface area contributed by atoms with Crippen LogP contribution in [0.4, 0.5) is 0 Å². The highest BCUT2D eigenvalue weighted by Gasteiger charge is 2.05. The molecule has 0 rings (SSSR count). The van der Waals surface area contributed by atoms with E-state index in [0.29, 0.717) is 19.4 Å². The summed E-state index contributed by atoms with van der Waals surface area (Å²) in [7, 11) is 0. The smallest absolute Gasteiger partial charge is 0.211 e. The lowest BCUT2D eigenvalue weighted by atomic mass is 10.1. The summed E-state index contributed by atoms with van der Waals surface area (Å²) in [6.07, 6.45) is 6.31. The van der Waals surface area contributed by atoms with Gasteiger partial charge in [-0.25, -0.2) is 29.4 Å². The third-order valence-corrected chi connectivity index (χ3v) is 1.72. The maximum atomic E-state index is 10.0. The first kappa shape index (κ1) is 13.1. The Morgan fingerprint density at radius 3 is 2.27 bits per heavy atom. The summed E-state index contributed by atoms with van der Waals surface area (Å²) in [5.74, 6) is 0. The normalized spacial score (nSPS) is 10.4. The molecule has 0 heterocycles. The fraction of sp³-hybridized carbons (Fsp3) is 0.667. The Labute approximate surface area is 86.8 Å². The average molecular weight is 209 g/mol. The van der Waals surface area contributed by atoms with Crippen molar-refractivity contribution in [2.45, 2.75) is 25.3 Å². The first-order chi connectivity index (χ1) is 7.35. The van der Waals surface area contributed by atoms with Crippen LogP contribution in [0.2, 0.25) is 0 Å². The van der Waals surface area contributed by atoms with Crippen molar-refractivity contribution in [2.75, 3.05) is 13.1 Å². The topological polar surface area (TPSA) is 88.3 Å². The van der Waals surface area contributed by atoms with Gasteiger partial charge in [-0.15, -0.1) is 0 Å². The zero-order valence-corrected chi connectivity index (χ0v) is 8.18. The van der Waals surface area contributed by atoms with Gasteiger partial charge in [0.1, 0.15) is 0 Å². The predicted molar refractivity (Wildman–Crippen MR) is 51.7 cm³/mol. The molecule has 0 amide bonds. The van der Waals surface area contributed by atoms with E-state index in [0.717, 1.165) is 6.42 Å². The molecule has 15 heavy (non-hydrogen) atoms. The van der Waals surface area contributed by atoms with E-state index in [1.54, 1.807) is 0 Å². The summed E-state index contributed by atoms with van der Waals surface area (Å²) in [6, 6.07) is -0.329. The summed E-state index contributed by atoms with van der Waals surface area (Å²) in [6.45, 7) is 0.563. The van der Waals surface area contributed by atoms with E-state index in [1.165, 1.54) is 18.2 Å². The standard InChI is InChI=1S/C9H11N3O3/c13-6-10-4-2-1-3-9(12-8-15)5-11-7-14/h9H,1-5H2. The average Bonchev–Trinajstić information content (AvgIpc) is 2.25. The number of unbranched alkanes of at least 4 members (excludes halogenated alkanes) is 1. The highest BCUT2D eigenvalue weighted by Crippen LogP contribution is 2.04. The second kappa shape index (κ2) is 10.2. The van der Waals surface area contributed by atoms with Crippen LogP contribution in [0.1, 0.15) is 19.3 Å². The van der Waals surface area contributed by atoms with Crippen molar-refractivity contribution >= 4 is 18.2 Å². The molecule has 6 heteroatoms. The van der Waals surface area contributed by atoms with Gasteiger partial charge >= 0.3 is 0 Å². The van der Waals surface area contributed by atoms with Crippen molar-refractivity contribution in [3.05, 3.63) is 0 Å². The van der Waals surface area contributed by atoms with Crippen LogP contribution >= 0.6 is 0 Å². The van der Waals surface area contributed by atoms with Crippen LogP contribution in [-0.2, 0) is 14.4 Å². The van der Waals surface area contributed by atoms with Gasteiger partial charge in [0, 0.05) is 0 Å². The van der Waals surface area contributed by atoms with Crippen molar-refractivity contribution in [3.8, 4) is 0 Å². The van der Waals surface area contributed by atoms with Gasteiger partial charge in [-0.1, -0.05) is 0 Å². The molecule has 0 aromatic heterocycles. The van der Waals surface area contributed by atoms with Crippen LogP contribution in [0.25, 0.3) is 0 Å². The van der Waals surface area contributed by atoms with Crippen LogP contribution in [-0.4, -0.2) is 37.4 Å². The molecule has 0 saturated heterocycles. The Bertz CT molecular complexity index is 311. The van der Waals surface area contributed by atoms with Gasteiger partial charge in [0.05, 0.1) is 19.1 Å². The SMILES string of the molecule is O=C=NCCCCC(CN=C=O)N=C=O. The van der Waals surface area contributed by atoms with Gasteiger partial charge in [0.2, 0.25) is 18.2 Å². The van der Waals surface area contributed by atoms with Crippen molar-refractivity contribution in [1.82, 2.24) is 0 Å².